The number of hydrogen-bond donors (Lipinski definition) is 5. The third kappa shape index (κ3) is 8.09. The highest BCUT2D eigenvalue weighted by Gasteiger charge is 2.25. The molecule has 2 unspecified atom stereocenters. The number of nitrogens with one attached hydrogen (secondary N) is 3. The third-order valence-corrected chi connectivity index (χ3v) is 5.38. The van der Waals surface area contributed by atoms with Crippen molar-refractivity contribution in [2.45, 2.75) is 32.0 Å². The molecule has 0 heterocycles. The molecule has 0 aliphatic carbocycles. The number of rotatable bonds is 9. The largest absolute Gasteiger partial charge is 0.391 e. The van der Waals surface area contributed by atoms with Crippen LogP contribution in [0.2, 0.25) is 0 Å². The van der Waals surface area contributed by atoms with Gasteiger partial charge >= 0.3 is 0 Å². The molecule has 180 valence electrons. The smallest absolute Gasteiger partial charge is 0.268 e. The van der Waals surface area contributed by atoms with Crippen LogP contribution in [0.1, 0.15) is 39.5 Å². The minimum Gasteiger partial charge on any atom is -0.391 e. The summed E-state index contributed by atoms with van der Waals surface area (Å²) in [6.45, 7) is 3.04. The molecule has 0 aliphatic rings. The Kier molecular flexibility index (Phi) is 9.58. The molecule has 7 nitrogen and oxygen atoms in total. The summed E-state index contributed by atoms with van der Waals surface area (Å²) in [7, 11) is 0. The van der Waals surface area contributed by atoms with Crippen molar-refractivity contribution in [1.82, 2.24) is 16.1 Å². The van der Waals surface area contributed by atoms with Crippen molar-refractivity contribution in [3.05, 3.63) is 107 Å². The van der Waals surface area contributed by atoms with Crippen LogP contribution in [0.4, 0.5) is 0 Å². The van der Waals surface area contributed by atoms with Crippen LogP contribution in [0.15, 0.2) is 78.9 Å². The molecule has 3 aromatic carbocycles. The maximum atomic E-state index is 12.3. The molecule has 0 bridgehead atoms. The molecule has 0 fully saturated rings. The van der Waals surface area contributed by atoms with Crippen molar-refractivity contribution in [2.75, 3.05) is 6.54 Å². The van der Waals surface area contributed by atoms with E-state index in [0.717, 1.165) is 30.6 Å². The second-order valence-corrected chi connectivity index (χ2v) is 8.10. The number of aliphatic hydroxyl groups is 1. The molecule has 0 radical (unpaired) electrons. The van der Waals surface area contributed by atoms with E-state index >= 15 is 0 Å². The van der Waals surface area contributed by atoms with Crippen LogP contribution >= 0.6 is 0 Å². The Morgan fingerprint density at radius 1 is 0.857 bits per heavy atom. The first-order valence-electron chi connectivity index (χ1n) is 11.3. The van der Waals surface area contributed by atoms with E-state index in [1.165, 1.54) is 23.5 Å². The average Bonchev–Trinajstić information content (AvgIpc) is 2.89. The van der Waals surface area contributed by atoms with Gasteiger partial charge in [0.05, 0.1) is 6.10 Å². The summed E-state index contributed by atoms with van der Waals surface area (Å²) >= 11 is 0. The van der Waals surface area contributed by atoms with Gasteiger partial charge in [0.25, 0.3) is 11.8 Å². The topological polar surface area (TPSA) is 111 Å². The highest BCUT2D eigenvalue weighted by molar-refractivity contribution is 5.97. The second-order valence-electron chi connectivity index (χ2n) is 8.10. The molecular formula is C28H29N3O4. The van der Waals surface area contributed by atoms with E-state index < -0.39 is 24.0 Å². The van der Waals surface area contributed by atoms with Gasteiger partial charge in [0.15, 0.2) is 0 Å². The summed E-state index contributed by atoms with van der Waals surface area (Å²) in [5.74, 6) is 4.73. The van der Waals surface area contributed by atoms with Gasteiger partial charge in [-0.1, -0.05) is 54.3 Å². The first-order chi connectivity index (χ1) is 17.0. The quantitative estimate of drug-likeness (QED) is 0.142. The lowest BCUT2D eigenvalue weighted by molar-refractivity contribution is -0.133. The van der Waals surface area contributed by atoms with E-state index in [9.17, 15) is 14.7 Å². The Morgan fingerprint density at radius 3 is 2.03 bits per heavy atom. The fourth-order valence-electron chi connectivity index (χ4n) is 3.36. The van der Waals surface area contributed by atoms with Crippen molar-refractivity contribution in [3.63, 3.8) is 0 Å². The molecular weight excluding hydrogens is 442 g/mol. The van der Waals surface area contributed by atoms with Crippen LogP contribution in [0, 0.1) is 11.8 Å². The Labute approximate surface area is 205 Å². The zero-order valence-electron chi connectivity index (χ0n) is 19.5. The number of amides is 2. The van der Waals surface area contributed by atoms with E-state index in [1.807, 2.05) is 30.3 Å². The first-order valence-corrected chi connectivity index (χ1v) is 11.3. The van der Waals surface area contributed by atoms with Gasteiger partial charge in [-0.05, 0) is 67.4 Å². The number of carbonyl (C=O) groups is 2. The predicted molar refractivity (Wildman–Crippen MR) is 134 cm³/mol. The van der Waals surface area contributed by atoms with Gasteiger partial charge < -0.3 is 15.7 Å². The van der Waals surface area contributed by atoms with Crippen LogP contribution in [-0.4, -0.2) is 40.8 Å². The van der Waals surface area contributed by atoms with Crippen LogP contribution in [-0.2, 0) is 17.8 Å². The van der Waals surface area contributed by atoms with Crippen molar-refractivity contribution >= 4 is 11.8 Å². The van der Waals surface area contributed by atoms with Gasteiger partial charge in [-0.15, -0.1) is 0 Å². The van der Waals surface area contributed by atoms with Crippen LogP contribution in [0.5, 0.6) is 0 Å². The van der Waals surface area contributed by atoms with E-state index in [4.69, 9.17) is 5.21 Å². The zero-order chi connectivity index (χ0) is 25.0. The summed E-state index contributed by atoms with van der Waals surface area (Å²) in [5.41, 5.74) is 5.85. The lowest BCUT2D eigenvalue weighted by atomic mass is 10.1. The SMILES string of the molecule is CC(O)C(NC(=O)c1ccc(C#Cc2ccc(CNCCc3ccccc3)cc2)cc1)C(=O)NO. The van der Waals surface area contributed by atoms with Crippen molar-refractivity contribution in [3.8, 4) is 11.8 Å². The fourth-order valence-corrected chi connectivity index (χ4v) is 3.36. The molecule has 0 saturated heterocycles. The Hall–Kier alpha value is -3.96. The average molecular weight is 472 g/mol. The van der Waals surface area contributed by atoms with Crippen molar-refractivity contribution in [2.24, 2.45) is 0 Å². The van der Waals surface area contributed by atoms with E-state index in [0.29, 0.717) is 5.56 Å². The van der Waals surface area contributed by atoms with E-state index in [2.05, 4.69) is 46.7 Å². The number of hydrogen-bond acceptors (Lipinski definition) is 5. The molecule has 2 amide bonds. The Balaban J connectivity index is 1.50. The third-order valence-electron chi connectivity index (χ3n) is 5.38. The summed E-state index contributed by atoms with van der Waals surface area (Å²) in [5, 5.41) is 24.2. The molecule has 5 N–H and O–H groups in total. The molecule has 0 aliphatic heterocycles. The summed E-state index contributed by atoms with van der Waals surface area (Å²) in [4.78, 5) is 23.9. The maximum absolute atomic E-state index is 12.3. The van der Waals surface area contributed by atoms with Crippen molar-refractivity contribution in [1.29, 1.82) is 0 Å². The van der Waals surface area contributed by atoms with Gasteiger partial charge in [-0.2, -0.15) is 0 Å². The van der Waals surface area contributed by atoms with Gasteiger partial charge in [-0.3, -0.25) is 14.8 Å². The highest BCUT2D eigenvalue weighted by atomic mass is 16.5. The van der Waals surface area contributed by atoms with Crippen LogP contribution in [0.25, 0.3) is 0 Å². The van der Waals surface area contributed by atoms with E-state index in [-0.39, 0.29) is 0 Å². The summed E-state index contributed by atoms with van der Waals surface area (Å²) in [6, 6.07) is 23.7. The molecule has 2 atom stereocenters. The monoisotopic (exact) mass is 471 g/mol. The van der Waals surface area contributed by atoms with Gasteiger partial charge in [0, 0.05) is 23.2 Å². The maximum Gasteiger partial charge on any atom is 0.268 e. The number of aliphatic hydroxyl groups excluding tert-OH is 1. The van der Waals surface area contributed by atoms with Crippen molar-refractivity contribution < 1.29 is 19.9 Å². The lowest BCUT2D eigenvalue weighted by Crippen LogP contribution is -2.51. The Morgan fingerprint density at radius 2 is 1.46 bits per heavy atom. The Bertz CT molecular complexity index is 1160. The van der Waals surface area contributed by atoms with Gasteiger partial charge in [-0.25, -0.2) is 5.48 Å². The number of benzene rings is 3. The van der Waals surface area contributed by atoms with E-state index in [1.54, 1.807) is 24.3 Å². The van der Waals surface area contributed by atoms with Crippen LogP contribution in [0.3, 0.4) is 0 Å². The molecule has 0 aromatic heterocycles. The molecule has 3 aromatic rings. The summed E-state index contributed by atoms with van der Waals surface area (Å²) in [6.07, 6.45) is -0.183. The summed E-state index contributed by atoms with van der Waals surface area (Å²) < 4.78 is 0. The first kappa shape index (κ1) is 25.7. The lowest BCUT2D eigenvalue weighted by Gasteiger charge is -2.19. The molecule has 35 heavy (non-hydrogen) atoms. The molecule has 0 spiro atoms. The number of carbonyl (C=O) groups excluding carboxylic acids is 2. The fraction of sp³-hybridized carbons (Fsp3) is 0.214. The minimum atomic E-state index is -1.27. The molecule has 0 saturated carbocycles. The minimum absolute atomic E-state index is 0.302. The standard InChI is InChI=1S/C28H29N3O4/c1-20(32)26(28(34)31-35)30-27(33)25-15-13-23(14-16-25)8-7-22-9-11-24(12-10-22)19-29-18-17-21-5-3-2-4-6-21/h2-6,9-16,20,26,29,32,35H,17-19H2,1H3,(H,30,33)(H,31,34). The normalized spacial score (nSPS) is 12.1. The zero-order valence-corrected chi connectivity index (χ0v) is 19.5. The van der Waals surface area contributed by atoms with Crippen LogP contribution < -0.4 is 16.1 Å². The van der Waals surface area contributed by atoms with Gasteiger partial charge in [0.1, 0.15) is 6.04 Å². The molecule has 3 rings (SSSR count). The number of hydroxylamine groups is 1. The second kappa shape index (κ2) is 13.1. The predicted octanol–water partition coefficient (Wildman–Crippen LogP) is 2.40. The highest BCUT2D eigenvalue weighted by Crippen LogP contribution is 2.07. The van der Waals surface area contributed by atoms with Gasteiger partial charge in [0.2, 0.25) is 0 Å². The molecule has 7 heteroatoms.